The van der Waals surface area contributed by atoms with E-state index in [0.29, 0.717) is 18.5 Å². The molecule has 2 aromatic rings. The largest absolute Gasteiger partial charge is 0.453 e. The Kier molecular flexibility index (Phi) is 3.34. The van der Waals surface area contributed by atoms with E-state index in [1.165, 1.54) is 0 Å². The molecule has 1 aliphatic rings. The molecule has 0 aromatic carbocycles. The molecule has 9 heteroatoms. The van der Waals surface area contributed by atoms with Crippen molar-refractivity contribution in [2.75, 3.05) is 0 Å². The number of hydrogen-bond donors (Lipinski definition) is 2. The van der Waals surface area contributed by atoms with Crippen LogP contribution in [0.3, 0.4) is 0 Å². The SMILES string of the molecule is O=C(NCc1nc(C(F)(F)F)n[nH]1)C1(c2ccccn2)CC1. The molecule has 1 aliphatic carbocycles. The fraction of sp³-hybridized carbons (Fsp3) is 0.385. The number of pyridine rings is 1. The normalized spacial score (nSPS) is 16.3. The molecule has 1 fully saturated rings. The van der Waals surface area contributed by atoms with Crippen LogP contribution in [-0.2, 0) is 22.9 Å². The number of nitrogens with zero attached hydrogens (tertiary/aromatic N) is 3. The summed E-state index contributed by atoms with van der Waals surface area (Å²) in [6.45, 7) is -0.142. The number of carbonyl (C=O) groups excluding carboxylic acids is 1. The monoisotopic (exact) mass is 311 g/mol. The molecule has 1 saturated carbocycles. The fourth-order valence-electron chi connectivity index (χ4n) is 2.20. The molecule has 0 radical (unpaired) electrons. The van der Waals surface area contributed by atoms with Crippen molar-refractivity contribution < 1.29 is 18.0 Å². The van der Waals surface area contributed by atoms with Gasteiger partial charge in [-0.2, -0.15) is 13.2 Å². The summed E-state index contributed by atoms with van der Waals surface area (Å²) >= 11 is 0. The maximum atomic E-state index is 12.4. The van der Waals surface area contributed by atoms with Gasteiger partial charge in [-0.25, -0.2) is 4.98 Å². The Morgan fingerprint density at radius 2 is 2.14 bits per heavy atom. The number of hydrogen-bond acceptors (Lipinski definition) is 4. The lowest BCUT2D eigenvalue weighted by Crippen LogP contribution is -2.35. The molecular formula is C13H12F3N5O. The predicted octanol–water partition coefficient (Wildman–Crippen LogP) is 1.57. The quantitative estimate of drug-likeness (QED) is 0.897. The third kappa shape index (κ3) is 2.66. The second kappa shape index (κ2) is 5.08. The highest BCUT2D eigenvalue weighted by Crippen LogP contribution is 2.47. The zero-order valence-corrected chi connectivity index (χ0v) is 11.3. The lowest BCUT2D eigenvalue weighted by atomic mass is 10.0. The second-order valence-electron chi connectivity index (χ2n) is 5.08. The van der Waals surface area contributed by atoms with Crippen molar-refractivity contribution in [3.8, 4) is 0 Å². The van der Waals surface area contributed by atoms with Crippen molar-refractivity contribution in [2.45, 2.75) is 31.0 Å². The first-order valence-electron chi connectivity index (χ1n) is 6.60. The van der Waals surface area contributed by atoms with Crippen LogP contribution in [0.4, 0.5) is 13.2 Å². The van der Waals surface area contributed by atoms with E-state index in [1.54, 1.807) is 24.4 Å². The van der Waals surface area contributed by atoms with Crippen molar-refractivity contribution in [1.29, 1.82) is 0 Å². The highest BCUT2D eigenvalue weighted by molar-refractivity contribution is 5.90. The molecule has 0 atom stereocenters. The summed E-state index contributed by atoms with van der Waals surface area (Å²) in [4.78, 5) is 19.8. The van der Waals surface area contributed by atoms with Crippen LogP contribution in [0, 0.1) is 0 Å². The summed E-state index contributed by atoms with van der Waals surface area (Å²) in [6.07, 6.45) is -1.67. The first kappa shape index (κ1) is 14.5. The molecule has 2 heterocycles. The maximum Gasteiger partial charge on any atom is 0.453 e. The lowest BCUT2D eigenvalue weighted by Gasteiger charge is -2.13. The summed E-state index contributed by atoms with van der Waals surface area (Å²) in [7, 11) is 0. The van der Waals surface area contributed by atoms with Crippen molar-refractivity contribution in [3.63, 3.8) is 0 Å². The van der Waals surface area contributed by atoms with Crippen molar-refractivity contribution >= 4 is 5.91 Å². The van der Waals surface area contributed by atoms with Crippen LogP contribution < -0.4 is 5.32 Å². The van der Waals surface area contributed by atoms with Gasteiger partial charge in [-0.3, -0.25) is 14.9 Å². The van der Waals surface area contributed by atoms with Gasteiger partial charge in [-0.05, 0) is 25.0 Å². The number of alkyl halides is 3. The molecule has 3 rings (SSSR count). The number of aromatic nitrogens is 4. The molecule has 2 aromatic heterocycles. The molecule has 1 amide bonds. The van der Waals surface area contributed by atoms with E-state index >= 15 is 0 Å². The van der Waals surface area contributed by atoms with Gasteiger partial charge in [-0.15, -0.1) is 5.10 Å². The number of carbonyl (C=O) groups is 1. The number of nitrogens with one attached hydrogen (secondary N) is 2. The highest BCUT2D eigenvalue weighted by atomic mass is 19.4. The number of H-pyrrole nitrogens is 1. The van der Waals surface area contributed by atoms with E-state index in [1.807, 2.05) is 0 Å². The van der Waals surface area contributed by atoms with Gasteiger partial charge in [0.05, 0.1) is 17.7 Å². The van der Waals surface area contributed by atoms with Gasteiger partial charge in [0.2, 0.25) is 5.91 Å². The Morgan fingerprint density at radius 3 is 2.68 bits per heavy atom. The Hall–Kier alpha value is -2.45. The van der Waals surface area contributed by atoms with Crippen molar-refractivity contribution in [2.24, 2.45) is 0 Å². The molecule has 0 bridgehead atoms. The Balaban J connectivity index is 1.65. The summed E-state index contributed by atoms with van der Waals surface area (Å²) in [6, 6.07) is 5.31. The van der Waals surface area contributed by atoms with Gasteiger partial charge in [0.25, 0.3) is 5.82 Å². The van der Waals surface area contributed by atoms with E-state index in [2.05, 4.69) is 25.5 Å². The molecule has 0 spiro atoms. The molecule has 116 valence electrons. The molecule has 0 aliphatic heterocycles. The Labute approximate surface area is 123 Å². The first-order valence-corrected chi connectivity index (χ1v) is 6.60. The van der Waals surface area contributed by atoms with E-state index in [0.717, 1.165) is 0 Å². The number of aromatic amines is 1. The Bertz CT molecular complexity index is 678. The maximum absolute atomic E-state index is 12.4. The van der Waals surface area contributed by atoms with Gasteiger partial charge >= 0.3 is 6.18 Å². The minimum absolute atomic E-state index is 0.0440. The van der Waals surface area contributed by atoms with Gasteiger partial charge in [0, 0.05) is 6.20 Å². The van der Waals surface area contributed by atoms with Crippen LogP contribution in [0.15, 0.2) is 24.4 Å². The molecule has 6 nitrogen and oxygen atoms in total. The van der Waals surface area contributed by atoms with Crippen LogP contribution in [0.2, 0.25) is 0 Å². The molecule has 22 heavy (non-hydrogen) atoms. The number of halogens is 3. The zero-order chi connectivity index (χ0) is 15.8. The van der Waals surface area contributed by atoms with Crippen LogP contribution in [0.25, 0.3) is 0 Å². The number of amides is 1. The van der Waals surface area contributed by atoms with Crippen LogP contribution in [0.1, 0.15) is 30.2 Å². The zero-order valence-electron chi connectivity index (χ0n) is 11.3. The fourth-order valence-corrected chi connectivity index (χ4v) is 2.20. The molecular weight excluding hydrogens is 299 g/mol. The molecule has 2 N–H and O–H groups in total. The topological polar surface area (TPSA) is 83.6 Å². The molecule has 0 unspecified atom stereocenters. The summed E-state index contributed by atoms with van der Waals surface area (Å²) < 4.78 is 37.1. The summed E-state index contributed by atoms with van der Waals surface area (Å²) in [5.74, 6) is -1.56. The van der Waals surface area contributed by atoms with Crippen LogP contribution in [-0.4, -0.2) is 26.1 Å². The predicted molar refractivity (Wildman–Crippen MR) is 68.4 cm³/mol. The van der Waals surface area contributed by atoms with Crippen molar-refractivity contribution in [3.05, 3.63) is 41.7 Å². The lowest BCUT2D eigenvalue weighted by molar-refractivity contribution is -0.144. The summed E-state index contributed by atoms with van der Waals surface area (Å²) in [5, 5.41) is 7.83. The first-order chi connectivity index (χ1) is 10.4. The second-order valence-corrected chi connectivity index (χ2v) is 5.08. The average Bonchev–Trinajstić information content (AvgIpc) is 3.16. The van der Waals surface area contributed by atoms with Crippen LogP contribution in [0.5, 0.6) is 0 Å². The van der Waals surface area contributed by atoms with Gasteiger partial charge in [0.1, 0.15) is 5.82 Å². The molecule has 0 saturated heterocycles. The van der Waals surface area contributed by atoms with Crippen molar-refractivity contribution in [1.82, 2.24) is 25.5 Å². The van der Waals surface area contributed by atoms with Crippen LogP contribution >= 0.6 is 0 Å². The highest BCUT2D eigenvalue weighted by Gasteiger charge is 2.52. The Morgan fingerprint density at radius 1 is 1.36 bits per heavy atom. The average molecular weight is 311 g/mol. The van der Waals surface area contributed by atoms with E-state index in [9.17, 15) is 18.0 Å². The summed E-state index contributed by atoms with van der Waals surface area (Å²) in [5.41, 5.74) is -0.00484. The van der Waals surface area contributed by atoms with Gasteiger partial charge in [-0.1, -0.05) is 6.07 Å². The third-order valence-corrected chi connectivity index (χ3v) is 3.54. The minimum Gasteiger partial charge on any atom is -0.348 e. The van der Waals surface area contributed by atoms with Gasteiger partial charge in [0.15, 0.2) is 0 Å². The van der Waals surface area contributed by atoms with E-state index in [4.69, 9.17) is 0 Å². The standard InChI is InChI=1S/C13H12F3N5O/c14-13(15,16)10-19-9(20-21-10)7-18-11(22)12(4-5-12)8-3-1-2-6-17-8/h1-3,6H,4-5,7H2,(H,18,22)(H,19,20,21). The van der Waals surface area contributed by atoms with E-state index < -0.39 is 17.4 Å². The minimum atomic E-state index is -4.61. The van der Waals surface area contributed by atoms with E-state index in [-0.39, 0.29) is 18.3 Å². The third-order valence-electron chi connectivity index (χ3n) is 3.54. The smallest absolute Gasteiger partial charge is 0.348 e. The van der Waals surface area contributed by atoms with Gasteiger partial charge < -0.3 is 5.32 Å². The number of rotatable bonds is 4.